The van der Waals surface area contributed by atoms with Crippen LogP contribution in [0.3, 0.4) is 0 Å². The van der Waals surface area contributed by atoms with Crippen molar-refractivity contribution in [2.45, 2.75) is 23.9 Å². The normalized spacial score (nSPS) is 10.7. The summed E-state index contributed by atoms with van der Waals surface area (Å²) in [6.07, 6.45) is 3.09. The fourth-order valence-corrected chi connectivity index (χ4v) is 2.94. The van der Waals surface area contributed by atoms with E-state index in [0.717, 1.165) is 11.3 Å². The molecule has 0 atom stereocenters. The van der Waals surface area contributed by atoms with E-state index in [-0.39, 0.29) is 28.9 Å². The SMILES string of the molecule is O=C(NCc1ccc(OCc2ccccn2)cc1)c1cccnc1SC(F)F. The lowest BCUT2D eigenvalue weighted by atomic mass is 10.2. The number of rotatable bonds is 8. The lowest BCUT2D eigenvalue weighted by Gasteiger charge is -2.10. The average molecular weight is 401 g/mol. The van der Waals surface area contributed by atoms with Crippen molar-refractivity contribution < 1.29 is 18.3 Å². The van der Waals surface area contributed by atoms with Gasteiger partial charge >= 0.3 is 0 Å². The molecule has 0 aliphatic heterocycles. The molecule has 1 amide bonds. The summed E-state index contributed by atoms with van der Waals surface area (Å²) in [5.41, 5.74) is 1.81. The van der Waals surface area contributed by atoms with E-state index < -0.39 is 11.7 Å². The first-order valence-corrected chi connectivity index (χ1v) is 9.29. The van der Waals surface area contributed by atoms with Crippen LogP contribution in [0.25, 0.3) is 0 Å². The van der Waals surface area contributed by atoms with Crippen molar-refractivity contribution in [2.75, 3.05) is 0 Å². The average Bonchev–Trinajstić information content (AvgIpc) is 2.72. The third kappa shape index (κ3) is 5.75. The van der Waals surface area contributed by atoms with Crippen molar-refractivity contribution in [3.8, 4) is 5.75 Å². The Kier molecular flexibility index (Phi) is 6.91. The van der Waals surface area contributed by atoms with Gasteiger partial charge in [0.15, 0.2) is 0 Å². The minimum absolute atomic E-state index is 0.00766. The lowest BCUT2D eigenvalue weighted by Crippen LogP contribution is -2.23. The van der Waals surface area contributed by atoms with E-state index in [0.29, 0.717) is 12.4 Å². The zero-order valence-electron chi connectivity index (χ0n) is 14.7. The van der Waals surface area contributed by atoms with Crippen LogP contribution in [0.5, 0.6) is 5.75 Å². The van der Waals surface area contributed by atoms with E-state index in [1.54, 1.807) is 18.3 Å². The van der Waals surface area contributed by atoms with Crippen LogP contribution < -0.4 is 10.1 Å². The minimum atomic E-state index is -2.64. The van der Waals surface area contributed by atoms with E-state index in [9.17, 15) is 13.6 Å². The van der Waals surface area contributed by atoms with Gasteiger partial charge in [0.2, 0.25) is 0 Å². The van der Waals surface area contributed by atoms with Gasteiger partial charge in [0.05, 0.1) is 11.3 Å². The first-order chi connectivity index (χ1) is 13.6. The zero-order valence-corrected chi connectivity index (χ0v) is 15.5. The zero-order chi connectivity index (χ0) is 19.8. The summed E-state index contributed by atoms with van der Waals surface area (Å²) in [5.74, 6) is -2.41. The predicted molar refractivity (Wildman–Crippen MR) is 102 cm³/mol. The first kappa shape index (κ1) is 19.8. The second-order valence-electron chi connectivity index (χ2n) is 5.67. The molecular formula is C20H17F2N3O2S. The molecule has 3 aromatic rings. The number of alkyl halides is 2. The van der Waals surface area contributed by atoms with Gasteiger partial charge in [-0.15, -0.1) is 0 Å². The van der Waals surface area contributed by atoms with E-state index in [2.05, 4.69) is 15.3 Å². The van der Waals surface area contributed by atoms with Crippen LogP contribution in [0.2, 0.25) is 0 Å². The van der Waals surface area contributed by atoms with Gasteiger partial charge in [-0.2, -0.15) is 8.78 Å². The Morgan fingerprint density at radius 2 is 1.82 bits per heavy atom. The quantitative estimate of drug-likeness (QED) is 0.570. The molecule has 0 saturated heterocycles. The summed E-state index contributed by atoms with van der Waals surface area (Å²) in [6, 6.07) is 15.9. The van der Waals surface area contributed by atoms with Crippen molar-refractivity contribution in [3.63, 3.8) is 0 Å². The molecule has 28 heavy (non-hydrogen) atoms. The number of hydrogen-bond donors (Lipinski definition) is 1. The highest BCUT2D eigenvalue weighted by Crippen LogP contribution is 2.26. The number of ether oxygens (including phenoxy) is 1. The third-order valence-electron chi connectivity index (χ3n) is 3.71. The van der Waals surface area contributed by atoms with Crippen molar-refractivity contribution in [1.82, 2.24) is 15.3 Å². The summed E-state index contributed by atoms with van der Waals surface area (Å²) in [4.78, 5) is 20.3. The van der Waals surface area contributed by atoms with Crippen LogP contribution in [-0.2, 0) is 13.2 Å². The molecule has 0 saturated carbocycles. The number of nitrogens with one attached hydrogen (secondary N) is 1. The molecule has 0 spiro atoms. The molecule has 0 fully saturated rings. The number of carbonyl (C=O) groups excluding carboxylic acids is 1. The van der Waals surface area contributed by atoms with E-state index >= 15 is 0 Å². The fourth-order valence-electron chi connectivity index (χ4n) is 2.36. The lowest BCUT2D eigenvalue weighted by molar-refractivity contribution is 0.0947. The van der Waals surface area contributed by atoms with Crippen LogP contribution >= 0.6 is 11.8 Å². The van der Waals surface area contributed by atoms with E-state index in [1.165, 1.54) is 18.3 Å². The number of benzene rings is 1. The Morgan fingerprint density at radius 1 is 1.04 bits per heavy atom. The van der Waals surface area contributed by atoms with E-state index in [1.807, 2.05) is 30.3 Å². The molecule has 1 N–H and O–H groups in total. The van der Waals surface area contributed by atoms with Crippen molar-refractivity contribution in [2.24, 2.45) is 0 Å². The Balaban J connectivity index is 1.54. The molecule has 0 aliphatic carbocycles. The number of nitrogens with zero attached hydrogens (tertiary/aromatic N) is 2. The number of pyridine rings is 2. The van der Waals surface area contributed by atoms with Gasteiger partial charge in [0.1, 0.15) is 17.4 Å². The molecular weight excluding hydrogens is 384 g/mol. The molecule has 2 heterocycles. The topological polar surface area (TPSA) is 64.1 Å². The number of carbonyl (C=O) groups is 1. The molecule has 1 aromatic carbocycles. The second kappa shape index (κ2) is 9.80. The Labute approximate surface area is 165 Å². The maximum atomic E-state index is 12.6. The molecule has 0 aliphatic rings. The van der Waals surface area contributed by atoms with Gasteiger partial charge in [-0.1, -0.05) is 18.2 Å². The fraction of sp³-hybridized carbons (Fsp3) is 0.150. The Bertz CT molecular complexity index is 909. The number of thioether (sulfide) groups is 1. The Morgan fingerprint density at radius 3 is 2.54 bits per heavy atom. The highest BCUT2D eigenvalue weighted by molar-refractivity contribution is 7.99. The highest BCUT2D eigenvalue weighted by atomic mass is 32.2. The summed E-state index contributed by atoms with van der Waals surface area (Å²) in [7, 11) is 0. The van der Waals surface area contributed by atoms with Crippen molar-refractivity contribution in [3.05, 3.63) is 83.8 Å². The van der Waals surface area contributed by atoms with Crippen LogP contribution in [0.15, 0.2) is 72.0 Å². The van der Waals surface area contributed by atoms with Gasteiger partial charge in [0, 0.05) is 18.9 Å². The highest BCUT2D eigenvalue weighted by Gasteiger charge is 2.16. The first-order valence-electron chi connectivity index (χ1n) is 8.41. The van der Waals surface area contributed by atoms with Gasteiger partial charge in [-0.05, 0) is 53.7 Å². The summed E-state index contributed by atoms with van der Waals surface area (Å²) >= 11 is 0.254. The standard InChI is InChI=1S/C20H17F2N3O2S/c21-20(22)28-19-17(5-3-11-24-19)18(26)25-12-14-6-8-16(9-7-14)27-13-15-4-1-2-10-23-15/h1-11,20H,12-13H2,(H,25,26). The van der Waals surface area contributed by atoms with Gasteiger partial charge in [-0.25, -0.2) is 4.98 Å². The van der Waals surface area contributed by atoms with Crippen LogP contribution in [-0.4, -0.2) is 21.6 Å². The van der Waals surface area contributed by atoms with Crippen molar-refractivity contribution >= 4 is 17.7 Å². The summed E-state index contributed by atoms with van der Waals surface area (Å²) in [6.45, 7) is 0.621. The monoisotopic (exact) mass is 401 g/mol. The predicted octanol–water partition coefficient (Wildman–Crippen LogP) is 4.30. The van der Waals surface area contributed by atoms with Gasteiger partial charge in [-0.3, -0.25) is 9.78 Å². The van der Waals surface area contributed by atoms with E-state index in [4.69, 9.17) is 4.74 Å². The number of hydrogen-bond acceptors (Lipinski definition) is 5. The Hall–Kier alpha value is -3.00. The van der Waals surface area contributed by atoms with Crippen molar-refractivity contribution in [1.29, 1.82) is 0 Å². The molecule has 2 aromatic heterocycles. The largest absolute Gasteiger partial charge is 0.487 e. The molecule has 0 unspecified atom stereocenters. The summed E-state index contributed by atoms with van der Waals surface area (Å²) in [5, 5.41) is 2.73. The van der Waals surface area contributed by atoms with Gasteiger partial charge < -0.3 is 10.1 Å². The maximum Gasteiger partial charge on any atom is 0.290 e. The van der Waals surface area contributed by atoms with Crippen LogP contribution in [0.1, 0.15) is 21.6 Å². The number of halogens is 2. The van der Waals surface area contributed by atoms with Gasteiger partial charge in [0.25, 0.3) is 11.7 Å². The van der Waals surface area contributed by atoms with Crippen LogP contribution in [0.4, 0.5) is 8.78 Å². The minimum Gasteiger partial charge on any atom is -0.487 e. The molecule has 144 valence electrons. The molecule has 3 rings (SSSR count). The summed E-state index contributed by atoms with van der Waals surface area (Å²) < 4.78 is 30.9. The van der Waals surface area contributed by atoms with Crippen LogP contribution in [0, 0.1) is 0 Å². The smallest absolute Gasteiger partial charge is 0.290 e. The molecule has 5 nitrogen and oxygen atoms in total. The molecule has 8 heteroatoms. The molecule has 0 bridgehead atoms. The third-order valence-corrected chi connectivity index (χ3v) is 4.43. The molecule has 0 radical (unpaired) electrons. The number of amides is 1. The number of aromatic nitrogens is 2. The maximum absolute atomic E-state index is 12.6. The second-order valence-corrected chi connectivity index (χ2v) is 6.65.